The molecule has 0 unspecified atom stereocenters. The average Bonchev–Trinajstić information content (AvgIpc) is 2.71. The fraction of sp³-hybridized carbons (Fsp3) is 0.286. The van der Waals surface area contributed by atoms with Crippen molar-refractivity contribution in [1.29, 1.82) is 0 Å². The van der Waals surface area contributed by atoms with Crippen LogP contribution in [0.3, 0.4) is 0 Å². The number of hydrogen-bond donors (Lipinski definition) is 1. The molecule has 5 heteroatoms. The lowest BCUT2D eigenvalue weighted by atomic mass is 10.4. The number of carbonyl (C=O) groups is 2. The third-order valence-electron chi connectivity index (χ3n) is 2.31. The van der Waals surface area contributed by atoms with E-state index in [0.717, 1.165) is 0 Å². The lowest BCUT2D eigenvalue weighted by Crippen LogP contribution is -2.09. The van der Waals surface area contributed by atoms with Crippen LogP contribution >= 0.6 is 0 Å². The Labute approximate surface area is 112 Å². The number of amides is 1. The van der Waals surface area contributed by atoms with Crippen molar-refractivity contribution in [2.45, 2.75) is 13.8 Å². The van der Waals surface area contributed by atoms with E-state index < -0.39 is 5.97 Å². The van der Waals surface area contributed by atoms with Crippen molar-refractivity contribution >= 4 is 17.6 Å². The van der Waals surface area contributed by atoms with Gasteiger partial charge in [-0.15, -0.1) is 0 Å². The van der Waals surface area contributed by atoms with Gasteiger partial charge in [-0.05, 0) is 19.9 Å². The number of hydrogen-bond acceptors (Lipinski definition) is 3. The van der Waals surface area contributed by atoms with Crippen molar-refractivity contribution in [2.75, 3.05) is 11.9 Å². The van der Waals surface area contributed by atoms with Gasteiger partial charge in [-0.3, -0.25) is 4.79 Å². The van der Waals surface area contributed by atoms with Crippen molar-refractivity contribution in [3.8, 4) is 0 Å². The van der Waals surface area contributed by atoms with Crippen LogP contribution in [0.5, 0.6) is 0 Å². The van der Waals surface area contributed by atoms with Gasteiger partial charge < -0.3 is 14.6 Å². The quantitative estimate of drug-likeness (QED) is 0.503. The molecule has 0 fully saturated rings. The zero-order chi connectivity index (χ0) is 14.3. The number of aromatic nitrogens is 1. The molecule has 0 atom stereocenters. The van der Waals surface area contributed by atoms with E-state index in [1.807, 2.05) is 13.0 Å². The minimum absolute atomic E-state index is 0.251. The number of ether oxygens (including phenoxy) is 1. The topological polar surface area (TPSA) is 60.3 Å². The molecule has 0 aliphatic rings. The molecule has 1 heterocycles. The molecule has 5 nitrogen and oxygen atoms in total. The number of rotatable bonds is 5. The molecule has 0 radical (unpaired) electrons. The normalized spacial score (nSPS) is 11.1. The molecule has 102 valence electrons. The molecular formula is C14H18N2O3. The van der Waals surface area contributed by atoms with Gasteiger partial charge in [0.1, 0.15) is 5.69 Å². The van der Waals surface area contributed by atoms with Crippen LogP contribution in [0, 0.1) is 0 Å². The van der Waals surface area contributed by atoms with Gasteiger partial charge in [-0.1, -0.05) is 18.2 Å². The fourth-order valence-electron chi connectivity index (χ4n) is 1.48. The van der Waals surface area contributed by atoms with Gasteiger partial charge >= 0.3 is 5.97 Å². The Morgan fingerprint density at radius 3 is 2.79 bits per heavy atom. The Bertz CT molecular complexity index is 513. The van der Waals surface area contributed by atoms with Crippen molar-refractivity contribution in [1.82, 2.24) is 4.57 Å². The van der Waals surface area contributed by atoms with Crippen molar-refractivity contribution < 1.29 is 14.3 Å². The lowest BCUT2D eigenvalue weighted by Gasteiger charge is -2.01. The molecule has 1 amide bonds. The Morgan fingerprint density at radius 1 is 1.42 bits per heavy atom. The van der Waals surface area contributed by atoms with Gasteiger partial charge in [0.05, 0.1) is 12.3 Å². The molecule has 0 spiro atoms. The predicted molar refractivity (Wildman–Crippen MR) is 74.0 cm³/mol. The van der Waals surface area contributed by atoms with E-state index in [2.05, 4.69) is 5.32 Å². The standard InChI is InChI=1S/C14H18N2O3/c1-4-6-7-8-13(17)15-11-9-12(16(3)10-11)14(18)19-5-2/h4,6-10H,5H2,1-3H3,(H,15,17). The maximum Gasteiger partial charge on any atom is 0.355 e. The molecule has 0 saturated heterocycles. The highest BCUT2D eigenvalue weighted by Gasteiger charge is 2.13. The van der Waals surface area contributed by atoms with Gasteiger partial charge in [0.25, 0.3) is 0 Å². The summed E-state index contributed by atoms with van der Waals surface area (Å²) in [4.78, 5) is 23.1. The Morgan fingerprint density at radius 2 is 2.16 bits per heavy atom. The van der Waals surface area contributed by atoms with Gasteiger partial charge in [-0.25, -0.2) is 4.79 Å². The molecule has 1 N–H and O–H groups in total. The molecule has 0 aliphatic heterocycles. The molecule has 1 aromatic rings. The highest BCUT2D eigenvalue weighted by Crippen LogP contribution is 2.13. The number of esters is 1. The smallest absolute Gasteiger partial charge is 0.355 e. The Hall–Kier alpha value is -2.30. The summed E-state index contributed by atoms with van der Waals surface area (Å²) in [7, 11) is 1.72. The summed E-state index contributed by atoms with van der Waals surface area (Å²) >= 11 is 0. The van der Waals surface area contributed by atoms with Crippen LogP contribution in [0.25, 0.3) is 0 Å². The first-order valence-electron chi connectivity index (χ1n) is 6.02. The first-order chi connectivity index (χ1) is 9.08. The monoisotopic (exact) mass is 262 g/mol. The third-order valence-corrected chi connectivity index (χ3v) is 2.31. The van der Waals surface area contributed by atoms with E-state index in [1.165, 1.54) is 6.08 Å². The van der Waals surface area contributed by atoms with E-state index in [1.54, 1.807) is 43.0 Å². The molecule has 1 aromatic heterocycles. The van der Waals surface area contributed by atoms with E-state index in [-0.39, 0.29) is 5.91 Å². The second-order valence-corrected chi connectivity index (χ2v) is 3.82. The fourth-order valence-corrected chi connectivity index (χ4v) is 1.48. The van der Waals surface area contributed by atoms with Crippen LogP contribution in [0.2, 0.25) is 0 Å². The van der Waals surface area contributed by atoms with Crippen LogP contribution in [0.15, 0.2) is 36.6 Å². The summed E-state index contributed by atoms with van der Waals surface area (Å²) in [6.07, 6.45) is 8.30. The summed E-state index contributed by atoms with van der Waals surface area (Å²) in [5.74, 6) is -0.658. The van der Waals surface area contributed by atoms with Gasteiger partial charge in [-0.2, -0.15) is 0 Å². The Balaban J connectivity index is 2.73. The second kappa shape index (κ2) is 7.20. The zero-order valence-electron chi connectivity index (χ0n) is 11.3. The van der Waals surface area contributed by atoms with Gasteiger partial charge in [0.2, 0.25) is 5.91 Å². The van der Waals surface area contributed by atoms with Crippen LogP contribution in [-0.2, 0) is 16.6 Å². The maximum atomic E-state index is 11.6. The molecule has 0 saturated carbocycles. The SMILES string of the molecule is CC=CC=CC(=O)Nc1cc(C(=O)OCC)n(C)c1. The minimum atomic E-state index is -0.407. The van der Waals surface area contributed by atoms with Crippen LogP contribution in [0.4, 0.5) is 5.69 Å². The molecular weight excluding hydrogens is 244 g/mol. The average molecular weight is 262 g/mol. The minimum Gasteiger partial charge on any atom is -0.461 e. The van der Waals surface area contributed by atoms with Gasteiger partial charge in [0.15, 0.2) is 0 Å². The molecule has 1 rings (SSSR count). The first kappa shape index (κ1) is 14.8. The maximum absolute atomic E-state index is 11.6. The molecule has 0 aromatic carbocycles. The summed E-state index contributed by atoms with van der Waals surface area (Å²) in [6.45, 7) is 3.93. The summed E-state index contributed by atoms with van der Waals surface area (Å²) in [5.41, 5.74) is 0.954. The molecule has 19 heavy (non-hydrogen) atoms. The van der Waals surface area contributed by atoms with Crippen LogP contribution in [-0.4, -0.2) is 23.1 Å². The van der Waals surface area contributed by atoms with Crippen molar-refractivity contribution in [2.24, 2.45) is 7.05 Å². The first-order valence-corrected chi connectivity index (χ1v) is 6.02. The predicted octanol–water partition coefficient (Wildman–Crippen LogP) is 2.27. The van der Waals surface area contributed by atoms with Crippen LogP contribution in [0.1, 0.15) is 24.3 Å². The van der Waals surface area contributed by atoms with E-state index >= 15 is 0 Å². The highest BCUT2D eigenvalue weighted by atomic mass is 16.5. The van der Waals surface area contributed by atoms with Crippen molar-refractivity contribution in [3.63, 3.8) is 0 Å². The summed E-state index contributed by atoms with van der Waals surface area (Å²) < 4.78 is 6.53. The summed E-state index contributed by atoms with van der Waals surface area (Å²) in [5, 5.41) is 2.67. The number of allylic oxidation sites excluding steroid dienone is 3. The van der Waals surface area contributed by atoms with Gasteiger partial charge in [0, 0.05) is 19.3 Å². The lowest BCUT2D eigenvalue weighted by molar-refractivity contribution is -0.111. The number of anilines is 1. The highest BCUT2D eigenvalue weighted by molar-refractivity contribution is 6.00. The third kappa shape index (κ3) is 4.46. The van der Waals surface area contributed by atoms with Crippen LogP contribution < -0.4 is 5.32 Å². The molecule has 0 aliphatic carbocycles. The second-order valence-electron chi connectivity index (χ2n) is 3.82. The van der Waals surface area contributed by atoms with E-state index in [9.17, 15) is 9.59 Å². The number of aryl methyl sites for hydroxylation is 1. The molecule has 0 bridgehead atoms. The van der Waals surface area contributed by atoms with E-state index in [4.69, 9.17) is 4.74 Å². The number of nitrogens with one attached hydrogen (secondary N) is 1. The largest absolute Gasteiger partial charge is 0.461 e. The summed E-state index contributed by atoms with van der Waals surface area (Å²) in [6, 6.07) is 1.58. The van der Waals surface area contributed by atoms with E-state index in [0.29, 0.717) is 18.0 Å². The zero-order valence-corrected chi connectivity index (χ0v) is 11.3. The Kier molecular flexibility index (Phi) is 5.60. The van der Waals surface area contributed by atoms with Crippen molar-refractivity contribution in [3.05, 3.63) is 42.3 Å². The number of carbonyl (C=O) groups excluding carboxylic acids is 2. The number of nitrogens with zero attached hydrogens (tertiary/aromatic N) is 1.